The Balaban J connectivity index is 2.35. The lowest BCUT2D eigenvalue weighted by Crippen LogP contribution is -2.03. The van der Waals surface area contributed by atoms with Gasteiger partial charge in [0.1, 0.15) is 0 Å². The van der Waals surface area contributed by atoms with Gasteiger partial charge in [-0.1, -0.05) is 25.2 Å². The molecule has 1 rings (SSSR count). The van der Waals surface area contributed by atoms with Crippen molar-refractivity contribution < 1.29 is 4.92 Å². The Kier molecular flexibility index (Phi) is 3.02. The lowest BCUT2D eigenvalue weighted by molar-refractivity contribution is -0.479. The summed E-state index contributed by atoms with van der Waals surface area (Å²) in [6, 6.07) is 0. The molecule has 1 aliphatic carbocycles. The van der Waals surface area contributed by atoms with Gasteiger partial charge >= 0.3 is 0 Å². The Hall–Kier alpha value is -1.12. The van der Waals surface area contributed by atoms with Gasteiger partial charge in [0.15, 0.2) is 0 Å². The highest BCUT2D eigenvalue weighted by molar-refractivity contribution is 5.23. The highest BCUT2D eigenvalue weighted by Gasteiger charge is 2.05. The van der Waals surface area contributed by atoms with Crippen molar-refractivity contribution in [2.45, 2.75) is 19.8 Å². The van der Waals surface area contributed by atoms with Crippen LogP contribution in [0.3, 0.4) is 0 Å². The Morgan fingerprint density at radius 2 is 2.50 bits per heavy atom. The Morgan fingerprint density at radius 3 is 3.00 bits per heavy atom. The van der Waals surface area contributed by atoms with Crippen LogP contribution in [0, 0.1) is 16.0 Å². The van der Waals surface area contributed by atoms with Crippen LogP contribution in [0.4, 0.5) is 0 Å². The molecule has 1 aliphatic rings. The number of nitro groups is 1. The topological polar surface area (TPSA) is 43.1 Å². The SMILES string of the molecule is C[C@H]1C=CC(CC[N+](=O)[O-])=CC1. The van der Waals surface area contributed by atoms with Crippen molar-refractivity contribution in [1.82, 2.24) is 0 Å². The summed E-state index contributed by atoms with van der Waals surface area (Å²) in [5.74, 6) is 0.587. The number of allylic oxidation sites excluding steroid dienone is 3. The molecule has 0 aromatic carbocycles. The van der Waals surface area contributed by atoms with Gasteiger partial charge in [0.05, 0.1) is 0 Å². The molecule has 12 heavy (non-hydrogen) atoms. The zero-order valence-corrected chi connectivity index (χ0v) is 7.19. The first-order valence-corrected chi connectivity index (χ1v) is 4.17. The molecule has 0 saturated carbocycles. The van der Waals surface area contributed by atoms with Crippen LogP contribution >= 0.6 is 0 Å². The fourth-order valence-electron chi connectivity index (χ4n) is 1.18. The standard InChI is InChI=1S/C9H13NO2/c1-8-2-4-9(5-3-8)6-7-10(11)12/h2,4-5,8H,3,6-7H2,1H3/t8-/m0/s1. The highest BCUT2D eigenvalue weighted by Crippen LogP contribution is 2.17. The molecule has 0 unspecified atom stereocenters. The molecule has 0 bridgehead atoms. The van der Waals surface area contributed by atoms with E-state index in [1.54, 1.807) is 0 Å². The van der Waals surface area contributed by atoms with Crippen LogP contribution in [-0.4, -0.2) is 11.5 Å². The van der Waals surface area contributed by atoms with E-state index in [0.29, 0.717) is 12.3 Å². The van der Waals surface area contributed by atoms with E-state index >= 15 is 0 Å². The Labute approximate surface area is 71.9 Å². The minimum Gasteiger partial charge on any atom is -0.265 e. The van der Waals surface area contributed by atoms with E-state index in [1.165, 1.54) is 0 Å². The van der Waals surface area contributed by atoms with E-state index in [-0.39, 0.29) is 11.5 Å². The van der Waals surface area contributed by atoms with Gasteiger partial charge in [-0.05, 0) is 17.9 Å². The van der Waals surface area contributed by atoms with Crippen molar-refractivity contribution >= 4 is 0 Å². The first kappa shape index (κ1) is 8.97. The molecular formula is C9H13NO2. The van der Waals surface area contributed by atoms with E-state index in [2.05, 4.69) is 19.1 Å². The molecule has 0 radical (unpaired) electrons. The predicted molar refractivity (Wildman–Crippen MR) is 47.5 cm³/mol. The molecule has 66 valence electrons. The van der Waals surface area contributed by atoms with Crippen LogP contribution in [0.15, 0.2) is 23.8 Å². The number of rotatable bonds is 3. The van der Waals surface area contributed by atoms with E-state index < -0.39 is 0 Å². The van der Waals surface area contributed by atoms with Gasteiger partial charge < -0.3 is 0 Å². The molecule has 0 heterocycles. The van der Waals surface area contributed by atoms with Crippen molar-refractivity contribution in [1.29, 1.82) is 0 Å². The fourth-order valence-corrected chi connectivity index (χ4v) is 1.18. The van der Waals surface area contributed by atoms with Gasteiger partial charge in [-0.2, -0.15) is 0 Å². The average Bonchev–Trinajstić information content (AvgIpc) is 2.03. The van der Waals surface area contributed by atoms with E-state index in [4.69, 9.17) is 0 Å². The molecule has 0 saturated heterocycles. The molecule has 3 heteroatoms. The number of nitrogens with zero attached hydrogens (tertiary/aromatic N) is 1. The second-order valence-corrected chi connectivity index (χ2v) is 3.16. The minimum absolute atomic E-state index is 0.0462. The zero-order chi connectivity index (χ0) is 8.97. The first-order valence-electron chi connectivity index (χ1n) is 4.17. The molecule has 0 aromatic heterocycles. The van der Waals surface area contributed by atoms with Gasteiger partial charge in [0.25, 0.3) is 0 Å². The molecule has 0 amide bonds. The minimum atomic E-state index is -0.271. The predicted octanol–water partition coefficient (Wildman–Crippen LogP) is 2.18. The zero-order valence-electron chi connectivity index (χ0n) is 7.19. The lowest BCUT2D eigenvalue weighted by Gasteiger charge is -2.09. The maximum absolute atomic E-state index is 10.1. The van der Waals surface area contributed by atoms with E-state index in [0.717, 1.165) is 12.0 Å². The van der Waals surface area contributed by atoms with Crippen LogP contribution in [-0.2, 0) is 0 Å². The molecule has 1 atom stereocenters. The smallest absolute Gasteiger partial charge is 0.207 e. The quantitative estimate of drug-likeness (QED) is 0.477. The van der Waals surface area contributed by atoms with Crippen molar-refractivity contribution in [2.75, 3.05) is 6.54 Å². The van der Waals surface area contributed by atoms with Crippen molar-refractivity contribution in [3.05, 3.63) is 33.9 Å². The van der Waals surface area contributed by atoms with Crippen LogP contribution in [0.2, 0.25) is 0 Å². The normalized spacial score (nSPS) is 22.1. The van der Waals surface area contributed by atoms with E-state index in [1.807, 2.05) is 6.08 Å². The molecule has 3 nitrogen and oxygen atoms in total. The third-order valence-electron chi connectivity index (χ3n) is 1.97. The van der Waals surface area contributed by atoms with E-state index in [9.17, 15) is 10.1 Å². The summed E-state index contributed by atoms with van der Waals surface area (Å²) in [5.41, 5.74) is 1.10. The van der Waals surface area contributed by atoms with Gasteiger partial charge in [-0.15, -0.1) is 0 Å². The third kappa shape index (κ3) is 2.86. The molecule has 0 spiro atoms. The monoisotopic (exact) mass is 167 g/mol. The molecule has 0 aromatic rings. The summed E-state index contributed by atoms with van der Waals surface area (Å²) >= 11 is 0. The second kappa shape index (κ2) is 4.04. The maximum Gasteiger partial charge on any atom is 0.207 e. The van der Waals surface area contributed by atoms with Crippen molar-refractivity contribution in [2.24, 2.45) is 5.92 Å². The maximum atomic E-state index is 10.1. The van der Waals surface area contributed by atoms with Gasteiger partial charge in [0, 0.05) is 11.3 Å². The highest BCUT2D eigenvalue weighted by atomic mass is 16.6. The van der Waals surface area contributed by atoms with Crippen LogP contribution in [0.1, 0.15) is 19.8 Å². The summed E-state index contributed by atoms with van der Waals surface area (Å²) in [4.78, 5) is 9.79. The summed E-state index contributed by atoms with van der Waals surface area (Å²) in [6.07, 6.45) is 7.78. The largest absolute Gasteiger partial charge is 0.265 e. The lowest BCUT2D eigenvalue weighted by atomic mass is 9.97. The molecule has 0 N–H and O–H groups in total. The van der Waals surface area contributed by atoms with Gasteiger partial charge in [0.2, 0.25) is 6.54 Å². The van der Waals surface area contributed by atoms with Crippen molar-refractivity contribution in [3.8, 4) is 0 Å². The fraction of sp³-hybridized carbons (Fsp3) is 0.556. The second-order valence-electron chi connectivity index (χ2n) is 3.16. The molecule has 0 aliphatic heterocycles. The third-order valence-corrected chi connectivity index (χ3v) is 1.97. The molecular weight excluding hydrogens is 154 g/mol. The molecule has 0 fully saturated rings. The van der Waals surface area contributed by atoms with Crippen LogP contribution in [0.5, 0.6) is 0 Å². The first-order chi connectivity index (χ1) is 5.68. The van der Waals surface area contributed by atoms with Gasteiger partial charge in [-0.25, -0.2) is 0 Å². The number of hydrogen-bond donors (Lipinski definition) is 0. The van der Waals surface area contributed by atoms with Crippen LogP contribution in [0.25, 0.3) is 0 Å². The Bertz CT molecular complexity index is 231. The van der Waals surface area contributed by atoms with Crippen molar-refractivity contribution in [3.63, 3.8) is 0 Å². The number of hydrogen-bond acceptors (Lipinski definition) is 2. The van der Waals surface area contributed by atoms with Gasteiger partial charge in [-0.3, -0.25) is 10.1 Å². The summed E-state index contributed by atoms with van der Waals surface area (Å²) < 4.78 is 0. The average molecular weight is 167 g/mol. The summed E-state index contributed by atoms with van der Waals surface area (Å²) in [7, 11) is 0. The summed E-state index contributed by atoms with van der Waals surface area (Å²) in [6.45, 7) is 2.18. The summed E-state index contributed by atoms with van der Waals surface area (Å²) in [5, 5.41) is 10.1. The Morgan fingerprint density at radius 1 is 1.75 bits per heavy atom. The van der Waals surface area contributed by atoms with Crippen LogP contribution < -0.4 is 0 Å².